The molecule has 0 aromatic heterocycles. The summed E-state index contributed by atoms with van der Waals surface area (Å²) in [5, 5.41) is 12.7. The van der Waals surface area contributed by atoms with Crippen LogP contribution in [0.15, 0.2) is 24.3 Å². The van der Waals surface area contributed by atoms with Crippen LogP contribution in [-0.4, -0.2) is 31.1 Å². The van der Waals surface area contributed by atoms with E-state index in [1.54, 1.807) is 25.1 Å². The molecule has 4 heteroatoms. The number of hydrogen-bond acceptors (Lipinski definition) is 3. The Morgan fingerprint density at radius 3 is 2.59 bits per heavy atom. The molecule has 1 aromatic rings. The molecule has 2 rings (SSSR count). The van der Waals surface area contributed by atoms with Crippen LogP contribution < -0.4 is 5.32 Å². The molecule has 1 N–H and O–H groups in total. The molecule has 90 valence electrons. The van der Waals surface area contributed by atoms with Crippen molar-refractivity contribution in [3.8, 4) is 6.07 Å². The summed E-state index contributed by atoms with van der Waals surface area (Å²) in [5.41, 5.74) is -0.419. The van der Waals surface area contributed by atoms with E-state index in [0.29, 0.717) is 5.56 Å². The smallest absolute Gasteiger partial charge is 0.134 e. The fourth-order valence-electron chi connectivity index (χ4n) is 2.27. The molecule has 0 saturated carbocycles. The predicted molar refractivity (Wildman–Crippen MR) is 63.8 cm³/mol. The topological polar surface area (TPSA) is 39.1 Å². The standard InChI is InChI=1S/C13H16FN3/c1-13(10-15,17-8-6-16-7-9-17)11-4-2-3-5-12(11)14/h2-5,16H,6-9H2,1H3. The highest BCUT2D eigenvalue weighted by atomic mass is 19.1. The van der Waals surface area contributed by atoms with E-state index in [-0.39, 0.29) is 5.82 Å². The number of nitrogens with zero attached hydrogens (tertiary/aromatic N) is 2. The van der Waals surface area contributed by atoms with Crippen molar-refractivity contribution in [2.24, 2.45) is 0 Å². The van der Waals surface area contributed by atoms with Crippen molar-refractivity contribution in [2.45, 2.75) is 12.5 Å². The third kappa shape index (κ3) is 2.17. The Balaban J connectivity index is 2.37. The molecule has 17 heavy (non-hydrogen) atoms. The molecule has 1 aromatic carbocycles. The maximum absolute atomic E-state index is 13.8. The summed E-state index contributed by atoms with van der Waals surface area (Å²) in [5.74, 6) is -0.310. The second kappa shape index (κ2) is 4.82. The minimum Gasteiger partial charge on any atom is -0.314 e. The summed E-state index contributed by atoms with van der Waals surface area (Å²) < 4.78 is 13.8. The second-order valence-corrected chi connectivity index (χ2v) is 4.40. The fraction of sp³-hybridized carbons (Fsp3) is 0.462. The van der Waals surface area contributed by atoms with Gasteiger partial charge in [-0.1, -0.05) is 18.2 Å². The Morgan fingerprint density at radius 1 is 1.35 bits per heavy atom. The number of hydrogen-bond donors (Lipinski definition) is 1. The molecule has 0 bridgehead atoms. The first kappa shape index (κ1) is 12.0. The minimum atomic E-state index is -0.882. The van der Waals surface area contributed by atoms with E-state index in [0.717, 1.165) is 26.2 Å². The zero-order chi connectivity index (χ0) is 12.3. The molecule has 0 radical (unpaired) electrons. The van der Waals surface area contributed by atoms with Crippen LogP contribution in [0.4, 0.5) is 4.39 Å². The molecule has 1 unspecified atom stereocenters. The molecule has 0 spiro atoms. The van der Waals surface area contributed by atoms with E-state index in [1.807, 2.05) is 4.90 Å². The lowest BCUT2D eigenvalue weighted by Gasteiger charge is -2.39. The molecule has 3 nitrogen and oxygen atoms in total. The molecule has 1 saturated heterocycles. The monoisotopic (exact) mass is 233 g/mol. The summed E-state index contributed by atoms with van der Waals surface area (Å²) in [7, 11) is 0. The van der Waals surface area contributed by atoms with Gasteiger partial charge in [0.15, 0.2) is 0 Å². The van der Waals surface area contributed by atoms with Crippen LogP contribution in [0.2, 0.25) is 0 Å². The molecular formula is C13H16FN3. The van der Waals surface area contributed by atoms with Gasteiger partial charge >= 0.3 is 0 Å². The van der Waals surface area contributed by atoms with Crippen LogP contribution in [0.3, 0.4) is 0 Å². The van der Waals surface area contributed by atoms with Crippen molar-refractivity contribution in [2.75, 3.05) is 26.2 Å². The fourth-order valence-corrected chi connectivity index (χ4v) is 2.27. The van der Waals surface area contributed by atoms with Crippen molar-refractivity contribution >= 4 is 0 Å². The Hall–Kier alpha value is -1.44. The number of nitriles is 1. The number of nitrogens with one attached hydrogen (secondary N) is 1. The Bertz CT molecular complexity index is 435. The lowest BCUT2D eigenvalue weighted by Crippen LogP contribution is -2.52. The molecule has 1 atom stereocenters. The third-order valence-corrected chi connectivity index (χ3v) is 3.37. The normalized spacial score (nSPS) is 20.5. The van der Waals surface area contributed by atoms with E-state index in [9.17, 15) is 9.65 Å². The Morgan fingerprint density at radius 2 is 2.00 bits per heavy atom. The van der Waals surface area contributed by atoms with Gasteiger partial charge in [-0.05, 0) is 13.0 Å². The largest absolute Gasteiger partial charge is 0.314 e. The van der Waals surface area contributed by atoms with Gasteiger partial charge in [0.1, 0.15) is 11.4 Å². The van der Waals surface area contributed by atoms with E-state index in [2.05, 4.69) is 11.4 Å². The van der Waals surface area contributed by atoms with Gasteiger partial charge in [0.2, 0.25) is 0 Å². The molecule has 0 amide bonds. The SMILES string of the molecule is CC(C#N)(c1ccccc1F)N1CCNCC1. The lowest BCUT2D eigenvalue weighted by molar-refractivity contribution is 0.129. The van der Waals surface area contributed by atoms with Crippen molar-refractivity contribution in [3.63, 3.8) is 0 Å². The van der Waals surface area contributed by atoms with Crippen LogP contribution in [0, 0.1) is 17.1 Å². The van der Waals surface area contributed by atoms with E-state index in [1.165, 1.54) is 6.07 Å². The van der Waals surface area contributed by atoms with Gasteiger partial charge in [-0.3, -0.25) is 4.90 Å². The number of halogens is 1. The second-order valence-electron chi connectivity index (χ2n) is 4.40. The van der Waals surface area contributed by atoms with E-state index >= 15 is 0 Å². The maximum Gasteiger partial charge on any atom is 0.134 e. The summed E-state index contributed by atoms with van der Waals surface area (Å²) >= 11 is 0. The molecule has 1 aliphatic rings. The number of piperazine rings is 1. The number of rotatable bonds is 2. The quantitative estimate of drug-likeness (QED) is 0.840. The van der Waals surface area contributed by atoms with Gasteiger partial charge in [0.05, 0.1) is 6.07 Å². The predicted octanol–water partition coefficient (Wildman–Crippen LogP) is 1.47. The van der Waals surface area contributed by atoms with Crippen molar-refractivity contribution in [1.29, 1.82) is 5.26 Å². The Labute approximate surface area is 101 Å². The molecular weight excluding hydrogens is 217 g/mol. The maximum atomic E-state index is 13.8. The Kier molecular flexibility index (Phi) is 3.41. The molecule has 1 aliphatic heterocycles. The molecule has 0 aliphatic carbocycles. The van der Waals surface area contributed by atoms with Crippen LogP contribution in [0.5, 0.6) is 0 Å². The first-order valence-electron chi connectivity index (χ1n) is 5.80. The summed E-state index contributed by atoms with van der Waals surface area (Å²) in [6, 6.07) is 8.79. The zero-order valence-electron chi connectivity index (χ0n) is 9.91. The first-order valence-corrected chi connectivity index (χ1v) is 5.80. The summed E-state index contributed by atoms with van der Waals surface area (Å²) in [4.78, 5) is 2.03. The highest BCUT2D eigenvalue weighted by molar-refractivity contribution is 5.32. The summed E-state index contributed by atoms with van der Waals surface area (Å²) in [6.07, 6.45) is 0. The van der Waals surface area contributed by atoms with Gasteiger partial charge in [-0.2, -0.15) is 5.26 Å². The van der Waals surface area contributed by atoms with Crippen LogP contribution in [-0.2, 0) is 5.54 Å². The molecule has 1 fully saturated rings. The first-order chi connectivity index (χ1) is 8.18. The third-order valence-electron chi connectivity index (χ3n) is 3.37. The van der Waals surface area contributed by atoms with Gasteiger partial charge in [0.25, 0.3) is 0 Å². The average Bonchev–Trinajstić information content (AvgIpc) is 2.39. The number of benzene rings is 1. The summed E-state index contributed by atoms with van der Waals surface area (Å²) in [6.45, 7) is 4.99. The van der Waals surface area contributed by atoms with Crippen molar-refractivity contribution in [3.05, 3.63) is 35.6 Å². The van der Waals surface area contributed by atoms with Crippen molar-refractivity contribution < 1.29 is 4.39 Å². The van der Waals surface area contributed by atoms with Crippen molar-refractivity contribution in [1.82, 2.24) is 10.2 Å². The van der Waals surface area contributed by atoms with Crippen LogP contribution >= 0.6 is 0 Å². The van der Waals surface area contributed by atoms with Gasteiger partial charge in [-0.15, -0.1) is 0 Å². The van der Waals surface area contributed by atoms with Crippen LogP contribution in [0.1, 0.15) is 12.5 Å². The highest BCUT2D eigenvalue weighted by Crippen LogP contribution is 2.29. The highest BCUT2D eigenvalue weighted by Gasteiger charge is 2.36. The zero-order valence-corrected chi connectivity index (χ0v) is 9.91. The molecule has 1 heterocycles. The van der Waals surface area contributed by atoms with Gasteiger partial charge in [0, 0.05) is 31.7 Å². The van der Waals surface area contributed by atoms with Crippen LogP contribution in [0.25, 0.3) is 0 Å². The lowest BCUT2D eigenvalue weighted by atomic mass is 9.90. The average molecular weight is 233 g/mol. The minimum absolute atomic E-state index is 0.310. The van der Waals surface area contributed by atoms with E-state index < -0.39 is 5.54 Å². The van der Waals surface area contributed by atoms with Gasteiger partial charge < -0.3 is 5.32 Å². The van der Waals surface area contributed by atoms with E-state index in [4.69, 9.17) is 0 Å². The van der Waals surface area contributed by atoms with Gasteiger partial charge in [-0.25, -0.2) is 4.39 Å².